The molecule has 1 aliphatic carbocycles. The van der Waals surface area contributed by atoms with Crippen molar-refractivity contribution in [1.82, 2.24) is 9.55 Å². The Hall–Kier alpha value is -0.870. The topological polar surface area (TPSA) is 44.1 Å². The SMILES string of the molecule is Cc1nc(Cl)cc(=O)n1COCC1CC1. The number of halogens is 1. The first-order chi connectivity index (χ1) is 7.16. The first-order valence-electron chi connectivity index (χ1n) is 4.98. The second kappa shape index (κ2) is 4.33. The lowest BCUT2D eigenvalue weighted by Gasteiger charge is -2.09. The fraction of sp³-hybridized carbons (Fsp3) is 0.600. The molecule has 1 aromatic rings. The number of hydrogen-bond acceptors (Lipinski definition) is 3. The van der Waals surface area contributed by atoms with Crippen molar-refractivity contribution < 1.29 is 4.74 Å². The molecule has 1 fully saturated rings. The maximum Gasteiger partial charge on any atom is 0.256 e. The number of hydrogen-bond donors (Lipinski definition) is 0. The highest BCUT2D eigenvalue weighted by Crippen LogP contribution is 2.28. The van der Waals surface area contributed by atoms with Gasteiger partial charge in [-0.2, -0.15) is 0 Å². The molecule has 0 spiro atoms. The van der Waals surface area contributed by atoms with Gasteiger partial charge < -0.3 is 4.74 Å². The zero-order chi connectivity index (χ0) is 10.8. The average Bonchev–Trinajstić information content (AvgIpc) is 2.93. The lowest BCUT2D eigenvalue weighted by Crippen LogP contribution is -2.24. The predicted octanol–water partition coefficient (Wildman–Crippen LogP) is 1.59. The molecule has 5 heteroatoms. The minimum Gasteiger partial charge on any atom is -0.360 e. The van der Waals surface area contributed by atoms with Crippen molar-refractivity contribution >= 4 is 11.6 Å². The third-order valence-corrected chi connectivity index (χ3v) is 2.63. The number of aryl methyl sites for hydroxylation is 1. The summed E-state index contributed by atoms with van der Waals surface area (Å²) < 4.78 is 6.91. The molecule has 4 nitrogen and oxygen atoms in total. The van der Waals surface area contributed by atoms with E-state index in [1.807, 2.05) is 0 Å². The number of rotatable bonds is 4. The lowest BCUT2D eigenvalue weighted by molar-refractivity contribution is 0.0647. The third kappa shape index (κ3) is 2.79. The highest BCUT2D eigenvalue weighted by atomic mass is 35.5. The van der Waals surface area contributed by atoms with Crippen LogP contribution in [0.1, 0.15) is 18.7 Å². The zero-order valence-electron chi connectivity index (χ0n) is 8.57. The molecule has 1 saturated carbocycles. The Morgan fingerprint density at radius 3 is 3.00 bits per heavy atom. The van der Waals surface area contributed by atoms with Crippen LogP contribution in [0.25, 0.3) is 0 Å². The van der Waals surface area contributed by atoms with Crippen LogP contribution in [0, 0.1) is 12.8 Å². The monoisotopic (exact) mass is 228 g/mol. The predicted molar refractivity (Wildman–Crippen MR) is 56.9 cm³/mol. The van der Waals surface area contributed by atoms with Gasteiger partial charge in [0.25, 0.3) is 5.56 Å². The summed E-state index contributed by atoms with van der Waals surface area (Å²) in [7, 11) is 0. The smallest absolute Gasteiger partial charge is 0.256 e. The first-order valence-corrected chi connectivity index (χ1v) is 5.36. The molecule has 82 valence electrons. The van der Waals surface area contributed by atoms with Crippen LogP contribution in [0.3, 0.4) is 0 Å². The van der Waals surface area contributed by atoms with Gasteiger partial charge in [-0.25, -0.2) is 4.98 Å². The molecule has 0 saturated heterocycles. The Morgan fingerprint density at radius 1 is 1.67 bits per heavy atom. The lowest BCUT2D eigenvalue weighted by atomic mass is 10.5. The van der Waals surface area contributed by atoms with Gasteiger partial charge in [-0.05, 0) is 25.7 Å². The van der Waals surface area contributed by atoms with E-state index in [-0.39, 0.29) is 17.4 Å². The van der Waals surface area contributed by atoms with Crippen LogP contribution in [-0.2, 0) is 11.5 Å². The summed E-state index contributed by atoms with van der Waals surface area (Å²) in [6.45, 7) is 2.74. The van der Waals surface area contributed by atoms with Gasteiger partial charge in [0.15, 0.2) is 0 Å². The molecule has 2 rings (SSSR count). The number of nitrogens with zero attached hydrogens (tertiary/aromatic N) is 2. The molecule has 0 radical (unpaired) electrons. The van der Waals surface area contributed by atoms with Crippen molar-refractivity contribution in [2.45, 2.75) is 26.5 Å². The van der Waals surface area contributed by atoms with Crippen LogP contribution >= 0.6 is 11.6 Å². The van der Waals surface area contributed by atoms with E-state index in [0.29, 0.717) is 11.7 Å². The average molecular weight is 229 g/mol. The van der Waals surface area contributed by atoms with E-state index in [1.165, 1.54) is 23.5 Å². The number of aromatic nitrogens is 2. The van der Waals surface area contributed by atoms with Crippen molar-refractivity contribution in [2.75, 3.05) is 6.61 Å². The van der Waals surface area contributed by atoms with Crippen LogP contribution in [0.4, 0.5) is 0 Å². The molecule has 1 aromatic heterocycles. The van der Waals surface area contributed by atoms with Crippen LogP contribution in [-0.4, -0.2) is 16.2 Å². The summed E-state index contributed by atoms with van der Waals surface area (Å²) >= 11 is 5.65. The fourth-order valence-corrected chi connectivity index (χ4v) is 1.55. The van der Waals surface area contributed by atoms with E-state index >= 15 is 0 Å². The molecule has 1 aliphatic rings. The molecule has 0 amide bonds. The van der Waals surface area contributed by atoms with Crippen molar-refractivity contribution in [2.24, 2.45) is 5.92 Å². The molecular formula is C10H13ClN2O2. The molecule has 0 bridgehead atoms. The minimum absolute atomic E-state index is 0.164. The van der Waals surface area contributed by atoms with Crippen LogP contribution in [0.15, 0.2) is 10.9 Å². The van der Waals surface area contributed by atoms with Crippen LogP contribution in [0.5, 0.6) is 0 Å². The molecule has 1 heterocycles. The maximum atomic E-state index is 11.5. The molecular weight excluding hydrogens is 216 g/mol. The Labute approximate surface area is 92.8 Å². The van der Waals surface area contributed by atoms with E-state index in [2.05, 4.69) is 4.98 Å². The standard InChI is InChI=1S/C10H13ClN2O2/c1-7-12-9(11)4-10(14)13(7)6-15-5-8-2-3-8/h4,8H,2-3,5-6H2,1H3. The fourth-order valence-electron chi connectivity index (χ4n) is 1.34. The van der Waals surface area contributed by atoms with Gasteiger partial charge in [0.1, 0.15) is 17.7 Å². The zero-order valence-corrected chi connectivity index (χ0v) is 9.33. The van der Waals surface area contributed by atoms with E-state index in [9.17, 15) is 4.79 Å². The van der Waals surface area contributed by atoms with Gasteiger partial charge in [-0.1, -0.05) is 11.6 Å². The van der Waals surface area contributed by atoms with Crippen LogP contribution < -0.4 is 5.56 Å². The summed E-state index contributed by atoms with van der Waals surface area (Å²) in [5, 5.41) is 0.232. The Bertz CT molecular complexity index is 412. The van der Waals surface area contributed by atoms with Gasteiger partial charge in [0.05, 0.1) is 6.61 Å². The second-order valence-corrected chi connectivity index (χ2v) is 4.22. The van der Waals surface area contributed by atoms with Crippen LogP contribution in [0.2, 0.25) is 5.15 Å². The second-order valence-electron chi connectivity index (χ2n) is 3.84. The molecule has 0 unspecified atom stereocenters. The van der Waals surface area contributed by atoms with Gasteiger partial charge in [-0.15, -0.1) is 0 Å². The molecule has 0 N–H and O–H groups in total. The Kier molecular flexibility index (Phi) is 3.07. The first kappa shape index (κ1) is 10.6. The highest BCUT2D eigenvalue weighted by molar-refractivity contribution is 6.29. The molecule has 0 aliphatic heterocycles. The van der Waals surface area contributed by atoms with E-state index in [0.717, 1.165) is 6.61 Å². The van der Waals surface area contributed by atoms with Gasteiger partial charge in [0.2, 0.25) is 0 Å². The summed E-state index contributed by atoms with van der Waals surface area (Å²) in [6.07, 6.45) is 2.49. The molecule has 0 atom stereocenters. The van der Waals surface area contributed by atoms with Gasteiger partial charge in [0, 0.05) is 6.07 Å². The summed E-state index contributed by atoms with van der Waals surface area (Å²) in [4.78, 5) is 15.5. The Morgan fingerprint density at radius 2 is 2.40 bits per heavy atom. The van der Waals surface area contributed by atoms with Crippen molar-refractivity contribution in [3.63, 3.8) is 0 Å². The van der Waals surface area contributed by atoms with E-state index in [4.69, 9.17) is 16.3 Å². The molecule has 15 heavy (non-hydrogen) atoms. The van der Waals surface area contributed by atoms with E-state index < -0.39 is 0 Å². The van der Waals surface area contributed by atoms with Crippen molar-refractivity contribution in [1.29, 1.82) is 0 Å². The molecule has 0 aromatic carbocycles. The summed E-state index contributed by atoms with van der Waals surface area (Å²) in [5.41, 5.74) is -0.164. The maximum absolute atomic E-state index is 11.5. The van der Waals surface area contributed by atoms with Gasteiger partial charge in [-0.3, -0.25) is 9.36 Å². The quantitative estimate of drug-likeness (QED) is 0.736. The van der Waals surface area contributed by atoms with Gasteiger partial charge >= 0.3 is 0 Å². The van der Waals surface area contributed by atoms with Crippen molar-refractivity contribution in [3.05, 3.63) is 27.4 Å². The van der Waals surface area contributed by atoms with E-state index in [1.54, 1.807) is 6.92 Å². The Balaban J connectivity index is 2.02. The minimum atomic E-state index is -0.164. The normalized spacial score (nSPS) is 15.6. The highest BCUT2D eigenvalue weighted by Gasteiger charge is 2.21. The summed E-state index contributed by atoms with van der Waals surface area (Å²) in [5.74, 6) is 1.28. The summed E-state index contributed by atoms with van der Waals surface area (Å²) in [6, 6.07) is 1.30. The number of ether oxygens (including phenoxy) is 1. The largest absolute Gasteiger partial charge is 0.360 e. The third-order valence-electron chi connectivity index (χ3n) is 2.44. The van der Waals surface area contributed by atoms with Crippen molar-refractivity contribution in [3.8, 4) is 0 Å².